The van der Waals surface area contributed by atoms with Crippen molar-refractivity contribution in [2.24, 2.45) is 0 Å². The minimum atomic E-state index is -0.299. The number of β-amino-alcohol motifs (C(OH)–C–C–N with tert-alkyl or cyclic N) is 1. The van der Waals surface area contributed by atoms with Crippen LogP contribution in [0.3, 0.4) is 0 Å². The predicted molar refractivity (Wildman–Crippen MR) is 56.9 cm³/mol. The highest BCUT2D eigenvalue weighted by molar-refractivity contribution is 5.15. The fourth-order valence-corrected chi connectivity index (χ4v) is 1.74. The third kappa shape index (κ3) is 2.44. The van der Waals surface area contributed by atoms with Crippen LogP contribution < -0.4 is 0 Å². The van der Waals surface area contributed by atoms with Crippen LogP contribution >= 0.6 is 0 Å². The first kappa shape index (κ1) is 9.44. The Morgan fingerprint density at radius 1 is 1.29 bits per heavy atom. The van der Waals surface area contributed by atoms with Gasteiger partial charge >= 0.3 is 0 Å². The molecule has 1 heterocycles. The van der Waals surface area contributed by atoms with E-state index in [1.165, 1.54) is 5.56 Å². The molecule has 1 aliphatic heterocycles. The van der Waals surface area contributed by atoms with E-state index in [2.05, 4.69) is 17.0 Å². The molecule has 14 heavy (non-hydrogen) atoms. The smallest absolute Gasteiger partial charge is 0.0848 e. The largest absolute Gasteiger partial charge is 0.388 e. The van der Waals surface area contributed by atoms with Crippen LogP contribution in [0.15, 0.2) is 42.5 Å². The van der Waals surface area contributed by atoms with Gasteiger partial charge in [0.25, 0.3) is 0 Å². The number of aliphatic hydroxyl groups excluding tert-OH is 1. The summed E-state index contributed by atoms with van der Waals surface area (Å²) >= 11 is 0. The molecule has 0 radical (unpaired) electrons. The van der Waals surface area contributed by atoms with E-state index >= 15 is 0 Å². The van der Waals surface area contributed by atoms with Gasteiger partial charge < -0.3 is 5.11 Å². The van der Waals surface area contributed by atoms with E-state index in [1.807, 2.05) is 30.4 Å². The van der Waals surface area contributed by atoms with Gasteiger partial charge in [0.1, 0.15) is 0 Å². The van der Waals surface area contributed by atoms with E-state index in [1.54, 1.807) is 0 Å². The fraction of sp³-hybridized carbons (Fsp3) is 0.333. The van der Waals surface area contributed by atoms with Gasteiger partial charge in [-0.1, -0.05) is 42.5 Å². The van der Waals surface area contributed by atoms with Crippen molar-refractivity contribution in [3.8, 4) is 0 Å². The first-order valence-electron chi connectivity index (χ1n) is 4.95. The second kappa shape index (κ2) is 4.40. The van der Waals surface area contributed by atoms with Crippen molar-refractivity contribution in [2.75, 3.05) is 13.1 Å². The van der Waals surface area contributed by atoms with Crippen LogP contribution in [0.1, 0.15) is 5.56 Å². The van der Waals surface area contributed by atoms with Gasteiger partial charge in [-0.25, -0.2) is 0 Å². The Labute approximate surface area is 84.5 Å². The van der Waals surface area contributed by atoms with E-state index in [4.69, 9.17) is 0 Å². The molecule has 2 heteroatoms. The van der Waals surface area contributed by atoms with Crippen molar-refractivity contribution >= 4 is 0 Å². The normalized spacial score (nSPS) is 22.5. The molecule has 1 atom stereocenters. The number of hydrogen-bond acceptors (Lipinski definition) is 2. The lowest BCUT2D eigenvalue weighted by Gasteiger charge is -2.25. The molecule has 0 spiro atoms. The Morgan fingerprint density at radius 3 is 2.79 bits per heavy atom. The predicted octanol–water partition coefficient (Wildman–Crippen LogP) is 1.42. The molecule has 1 aromatic carbocycles. The summed E-state index contributed by atoms with van der Waals surface area (Å²) in [6, 6.07) is 10.3. The van der Waals surface area contributed by atoms with Gasteiger partial charge in [0.05, 0.1) is 6.10 Å². The quantitative estimate of drug-likeness (QED) is 0.711. The lowest BCUT2D eigenvalue weighted by atomic mass is 10.1. The van der Waals surface area contributed by atoms with Crippen molar-refractivity contribution in [3.63, 3.8) is 0 Å². The molecule has 0 aliphatic carbocycles. The third-order valence-electron chi connectivity index (χ3n) is 2.42. The molecular weight excluding hydrogens is 174 g/mol. The van der Waals surface area contributed by atoms with E-state index in [-0.39, 0.29) is 6.10 Å². The minimum absolute atomic E-state index is 0.299. The van der Waals surface area contributed by atoms with Gasteiger partial charge in [0, 0.05) is 19.6 Å². The molecule has 0 unspecified atom stereocenters. The van der Waals surface area contributed by atoms with Crippen LogP contribution in [0.2, 0.25) is 0 Å². The Balaban J connectivity index is 1.96. The minimum Gasteiger partial charge on any atom is -0.388 e. The first-order chi connectivity index (χ1) is 6.84. The van der Waals surface area contributed by atoms with Crippen molar-refractivity contribution < 1.29 is 5.11 Å². The number of hydrogen-bond donors (Lipinski definition) is 1. The van der Waals surface area contributed by atoms with Crippen molar-refractivity contribution in [1.29, 1.82) is 0 Å². The lowest BCUT2D eigenvalue weighted by Crippen LogP contribution is -2.34. The van der Waals surface area contributed by atoms with Crippen molar-refractivity contribution in [2.45, 2.75) is 12.6 Å². The highest BCUT2D eigenvalue weighted by atomic mass is 16.3. The summed E-state index contributed by atoms with van der Waals surface area (Å²) in [6.07, 6.45) is 3.59. The third-order valence-corrected chi connectivity index (χ3v) is 2.42. The summed E-state index contributed by atoms with van der Waals surface area (Å²) in [5.74, 6) is 0. The summed E-state index contributed by atoms with van der Waals surface area (Å²) in [6.45, 7) is 2.60. The second-order valence-electron chi connectivity index (χ2n) is 3.68. The zero-order valence-electron chi connectivity index (χ0n) is 8.13. The Bertz CT molecular complexity index is 307. The maximum absolute atomic E-state index is 9.43. The summed E-state index contributed by atoms with van der Waals surface area (Å²) in [4.78, 5) is 2.24. The molecule has 2 nitrogen and oxygen atoms in total. The summed E-state index contributed by atoms with van der Waals surface area (Å²) in [5, 5.41) is 9.43. The monoisotopic (exact) mass is 189 g/mol. The van der Waals surface area contributed by atoms with Crippen molar-refractivity contribution in [1.82, 2.24) is 4.90 Å². The maximum atomic E-state index is 9.43. The van der Waals surface area contributed by atoms with Gasteiger partial charge in [0.2, 0.25) is 0 Å². The van der Waals surface area contributed by atoms with E-state index in [0.29, 0.717) is 0 Å². The highest BCUT2D eigenvalue weighted by Gasteiger charge is 2.12. The lowest BCUT2D eigenvalue weighted by molar-refractivity contribution is 0.140. The molecule has 0 saturated heterocycles. The molecule has 2 rings (SSSR count). The van der Waals surface area contributed by atoms with Crippen LogP contribution in [0.5, 0.6) is 0 Å². The van der Waals surface area contributed by atoms with Crippen LogP contribution in [-0.4, -0.2) is 29.2 Å². The van der Waals surface area contributed by atoms with Gasteiger partial charge in [-0.05, 0) is 5.56 Å². The molecule has 0 aromatic heterocycles. The summed E-state index contributed by atoms with van der Waals surface area (Å²) in [5.41, 5.74) is 1.30. The molecule has 74 valence electrons. The SMILES string of the molecule is O[C@@H]1C=CCN(Cc2ccccc2)C1. The zero-order chi connectivity index (χ0) is 9.80. The Kier molecular flexibility index (Phi) is 2.96. The Hall–Kier alpha value is -1.12. The topological polar surface area (TPSA) is 23.5 Å². The molecular formula is C12H15NO. The van der Waals surface area contributed by atoms with Crippen LogP contribution in [-0.2, 0) is 6.54 Å². The summed E-state index contributed by atoms with van der Waals surface area (Å²) < 4.78 is 0. The fourth-order valence-electron chi connectivity index (χ4n) is 1.74. The van der Waals surface area contributed by atoms with Gasteiger partial charge in [0.15, 0.2) is 0 Å². The zero-order valence-corrected chi connectivity index (χ0v) is 8.13. The van der Waals surface area contributed by atoms with Crippen LogP contribution in [0.25, 0.3) is 0 Å². The number of benzene rings is 1. The first-order valence-corrected chi connectivity index (χ1v) is 4.95. The van der Waals surface area contributed by atoms with E-state index in [9.17, 15) is 5.11 Å². The molecule has 0 amide bonds. The number of rotatable bonds is 2. The molecule has 0 fully saturated rings. The maximum Gasteiger partial charge on any atom is 0.0848 e. The molecule has 0 bridgehead atoms. The molecule has 1 aromatic rings. The van der Waals surface area contributed by atoms with Gasteiger partial charge in [-0.15, -0.1) is 0 Å². The molecule has 0 saturated carbocycles. The highest BCUT2D eigenvalue weighted by Crippen LogP contribution is 2.08. The average molecular weight is 189 g/mol. The van der Waals surface area contributed by atoms with Gasteiger partial charge in [-0.2, -0.15) is 0 Å². The molecule has 1 aliphatic rings. The van der Waals surface area contributed by atoms with Crippen LogP contribution in [0, 0.1) is 0 Å². The van der Waals surface area contributed by atoms with E-state index in [0.717, 1.165) is 19.6 Å². The number of aliphatic hydroxyl groups is 1. The van der Waals surface area contributed by atoms with Crippen LogP contribution in [0.4, 0.5) is 0 Å². The second-order valence-corrected chi connectivity index (χ2v) is 3.68. The Morgan fingerprint density at radius 2 is 2.07 bits per heavy atom. The summed E-state index contributed by atoms with van der Waals surface area (Å²) in [7, 11) is 0. The van der Waals surface area contributed by atoms with Crippen molar-refractivity contribution in [3.05, 3.63) is 48.0 Å². The number of nitrogens with zero attached hydrogens (tertiary/aromatic N) is 1. The van der Waals surface area contributed by atoms with Gasteiger partial charge in [-0.3, -0.25) is 4.90 Å². The average Bonchev–Trinajstić information content (AvgIpc) is 2.19. The molecule has 1 N–H and O–H groups in total. The van der Waals surface area contributed by atoms with E-state index < -0.39 is 0 Å². The standard InChI is InChI=1S/C12H15NO/c14-12-7-4-8-13(10-12)9-11-5-2-1-3-6-11/h1-7,12,14H,8-10H2/t12-/m1/s1.